The van der Waals surface area contributed by atoms with Gasteiger partial charge in [-0.1, -0.05) is 103 Å². The molecule has 0 aromatic heterocycles. The van der Waals surface area contributed by atoms with Gasteiger partial charge in [0.25, 0.3) is 11.8 Å². The second-order valence-corrected chi connectivity index (χ2v) is 12.7. The fourth-order valence-corrected chi connectivity index (χ4v) is 6.68. The van der Waals surface area contributed by atoms with Gasteiger partial charge in [0.05, 0.1) is 17.0 Å². The van der Waals surface area contributed by atoms with Crippen LogP contribution in [-0.2, 0) is 9.59 Å². The number of carbonyl (C=O) groups excluding carboxylic acids is 5. The average molecular weight is 688 g/mol. The Morgan fingerprint density at radius 1 is 0.627 bits per heavy atom. The highest BCUT2D eigenvalue weighted by Gasteiger charge is 2.31. The summed E-state index contributed by atoms with van der Waals surface area (Å²) in [7, 11) is 0. The maximum Gasteiger partial charge on any atom is 0.272 e. The molecule has 6 aromatic carbocycles. The Balaban J connectivity index is 1.06. The van der Waals surface area contributed by atoms with Gasteiger partial charge < -0.3 is 16.0 Å². The third-order valence-electron chi connectivity index (χ3n) is 8.34. The van der Waals surface area contributed by atoms with Crippen LogP contribution in [0.5, 0.6) is 0 Å². The summed E-state index contributed by atoms with van der Waals surface area (Å²) in [5.74, 6) is -1.91. The smallest absolute Gasteiger partial charge is 0.272 e. The molecule has 7 rings (SSSR count). The molecule has 0 saturated carbocycles. The predicted octanol–water partition coefficient (Wildman–Crippen LogP) is 7.76. The summed E-state index contributed by atoms with van der Waals surface area (Å²) in [6.07, 6.45) is 1.65. The fourth-order valence-electron chi connectivity index (χ4n) is 5.92. The Bertz CT molecular complexity index is 2400. The van der Waals surface area contributed by atoms with Gasteiger partial charge in [-0.15, -0.1) is 11.8 Å². The average Bonchev–Trinajstić information content (AvgIpc) is 3.16. The lowest BCUT2D eigenvalue weighted by Crippen LogP contribution is -2.30. The van der Waals surface area contributed by atoms with Crippen molar-refractivity contribution in [1.29, 1.82) is 0 Å². The van der Waals surface area contributed by atoms with E-state index in [1.54, 1.807) is 97.1 Å². The van der Waals surface area contributed by atoms with Crippen molar-refractivity contribution in [3.63, 3.8) is 0 Å². The van der Waals surface area contributed by atoms with Crippen LogP contribution in [0, 0.1) is 0 Å². The summed E-state index contributed by atoms with van der Waals surface area (Å²) >= 11 is 1.24. The number of rotatable bonds is 9. The van der Waals surface area contributed by atoms with E-state index in [9.17, 15) is 24.0 Å². The Kier molecular flexibility index (Phi) is 9.36. The molecule has 51 heavy (non-hydrogen) atoms. The highest BCUT2D eigenvalue weighted by atomic mass is 32.2. The zero-order chi connectivity index (χ0) is 35.3. The molecule has 1 aliphatic rings. The van der Waals surface area contributed by atoms with E-state index in [4.69, 9.17) is 0 Å². The number of fused-ring (bicyclic) bond motifs is 3. The van der Waals surface area contributed by atoms with Crippen LogP contribution < -0.4 is 16.0 Å². The van der Waals surface area contributed by atoms with E-state index >= 15 is 0 Å². The minimum Gasteiger partial charge on any atom is -0.325 e. The molecule has 8 nitrogen and oxygen atoms in total. The molecule has 3 N–H and O–H groups in total. The van der Waals surface area contributed by atoms with Crippen molar-refractivity contribution in [3.05, 3.63) is 179 Å². The van der Waals surface area contributed by atoms with Gasteiger partial charge in [0.1, 0.15) is 5.70 Å². The van der Waals surface area contributed by atoms with Crippen LogP contribution in [0.2, 0.25) is 0 Å². The van der Waals surface area contributed by atoms with Gasteiger partial charge in [-0.25, -0.2) is 0 Å². The van der Waals surface area contributed by atoms with E-state index in [0.717, 1.165) is 16.3 Å². The monoisotopic (exact) mass is 687 g/mol. The normalized spacial score (nSPS) is 12.1. The summed E-state index contributed by atoms with van der Waals surface area (Å²) in [5, 5.41) is 10.4. The molecule has 0 spiro atoms. The number of anilines is 2. The number of nitrogens with one attached hydrogen (secondary N) is 3. The van der Waals surface area contributed by atoms with Crippen LogP contribution in [0.4, 0.5) is 11.4 Å². The molecule has 1 aliphatic carbocycles. The van der Waals surface area contributed by atoms with E-state index in [-0.39, 0.29) is 45.7 Å². The molecule has 9 heteroatoms. The molecular weight excluding hydrogens is 659 g/mol. The van der Waals surface area contributed by atoms with Crippen molar-refractivity contribution >= 4 is 69.3 Å². The SMILES string of the molecule is O=C(CSc1cccc(NC(=O)/C(=C\c2cccc3ccccc23)NC(=O)c2ccccc2)c1)Nc1cccc2c1C(=O)c1ccccc1C2=O. The van der Waals surface area contributed by atoms with Crippen LogP contribution >= 0.6 is 11.8 Å². The summed E-state index contributed by atoms with van der Waals surface area (Å²) in [5.41, 5.74) is 3.03. The van der Waals surface area contributed by atoms with Gasteiger partial charge >= 0.3 is 0 Å². The molecule has 0 fully saturated rings. The van der Waals surface area contributed by atoms with Crippen LogP contribution in [0.3, 0.4) is 0 Å². The van der Waals surface area contributed by atoms with Gasteiger partial charge in [0.15, 0.2) is 11.6 Å². The molecule has 0 heterocycles. The summed E-state index contributed by atoms with van der Waals surface area (Å²) < 4.78 is 0. The van der Waals surface area contributed by atoms with E-state index in [1.807, 2.05) is 48.5 Å². The van der Waals surface area contributed by atoms with Crippen LogP contribution in [0.15, 0.2) is 150 Å². The zero-order valence-corrected chi connectivity index (χ0v) is 27.8. The number of carbonyl (C=O) groups is 5. The number of benzene rings is 6. The molecule has 0 radical (unpaired) electrons. The second-order valence-electron chi connectivity index (χ2n) is 11.7. The third kappa shape index (κ3) is 7.10. The lowest BCUT2D eigenvalue weighted by molar-refractivity contribution is -0.114. The van der Waals surface area contributed by atoms with E-state index in [2.05, 4.69) is 16.0 Å². The van der Waals surface area contributed by atoms with Crippen LogP contribution in [0.25, 0.3) is 16.8 Å². The minimum absolute atomic E-state index is 0.000835. The van der Waals surface area contributed by atoms with Crippen LogP contribution in [0.1, 0.15) is 47.8 Å². The molecule has 6 aromatic rings. The molecule has 0 aliphatic heterocycles. The molecule has 0 unspecified atom stereocenters. The van der Waals surface area contributed by atoms with E-state index in [1.165, 1.54) is 11.8 Å². The summed E-state index contributed by atoms with van der Waals surface area (Å²) in [6.45, 7) is 0. The van der Waals surface area contributed by atoms with E-state index in [0.29, 0.717) is 27.3 Å². The number of amides is 3. The Morgan fingerprint density at radius 3 is 2.12 bits per heavy atom. The number of hydrogen-bond donors (Lipinski definition) is 3. The fraction of sp³-hybridized carbons (Fsp3) is 0.0238. The maximum atomic E-state index is 13.7. The molecular formula is C42H29N3O5S. The Morgan fingerprint density at radius 2 is 1.29 bits per heavy atom. The van der Waals surface area contributed by atoms with Gasteiger partial charge in [-0.3, -0.25) is 24.0 Å². The van der Waals surface area contributed by atoms with Gasteiger partial charge in [0, 0.05) is 32.8 Å². The largest absolute Gasteiger partial charge is 0.325 e. The summed E-state index contributed by atoms with van der Waals surface area (Å²) in [6, 6.07) is 40.7. The first-order chi connectivity index (χ1) is 24.9. The van der Waals surface area contributed by atoms with Gasteiger partial charge in [-0.05, 0) is 58.8 Å². The zero-order valence-electron chi connectivity index (χ0n) is 27.0. The highest BCUT2D eigenvalue weighted by Crippen LogP contribution is 2.32. The minimum atomic E-state index is -0.526. The number of thioether (sulfide) groups is 1. The van der Waals surface area contributed by atoms with Crippen molar-refractivity contribution < 1.29 is 24.0 Å². The second kappa shape index (κ2) is 14.5. The van der Waals surface area contributed by atoms with Crippen molar-refractivity contribution in [3.8, 4) is 0 Å². The van der Waals surface area contributed by atoms with Crippen molar-refractivity contribution in [1.82, 2.24) is 5.32 Å². The topological polar surface area (TPSA) is 121 Å². The number of ketones is 2. The molecule has 248 valence electrons. The molecule has 0 bridgehead atoms. The van der Waals surface area contributed by atoms with Crippen molar-refractivity contribution in [2.45, 2.75) is 4.90 Å². The predicted molar refractivity (Wildman–Crippen MR) is 200 cm³/mol. The quantitative estimate of drug-likeness (QED) is 0.105. The molecule has 0 atom stereocenters. The van der Waals surface area contributed by atoms with Crippen molar-refractivity contribution in [2.75, 3.05) is 16.4 Å². The first-order valence-corrected chi connectivity index (χ1v) is 17.1. The van der Waals surface area contributed by atoms with E-state index < -0.39 is 11.8 Å². The number of hydrogen-bond acceptors (Lipinski definition) is 6. The highest BCUT2D eigenvalue weighted by molar-refractivity contribution is 8.00. The van der Waals surface area contributed by atoms with Gasteiger partial charge in [-0.2, -0.15) is 0 Å². The summed E-state index contributed by atoms with van der Waals surface area (Å²) in [4.78, 5) is 67.1. The molecule has 3 amide bonds. The van der Waals surface area contributed by atoms with Crippen molar-refractivity contribution in [2.24, 2.45) is 0 Å². The first kappa shape index (κ1) is 32.9. The lowest BCUT2D eigenvalue weighted by atomic mass is 9.83. The standard InChI is InChI=1S/C42H29N3O5S/c46-37(44-35-22-10-21-34-38(35)40(48)33-20-7-6-19-32(33)39(34)47)25-51-30-17-9-16-29(24-30)43-42(50)36(45-41(49)27-12-2-1-3-13-27)23-28-15-8-14-26-11-4-5-18-31(26)28/h1-24H,25H2,(H,43,50)(H,44,46)(H,45,49)/b36-23+. The first-order valence-electron chi connectivity index (χ1n) is 16.1. The van der Waals surface area contributed by atoms with Crippen LogP contribution in [-0.4, -0.2) is 35.0 Å². The lowest BCUT2D eigenvalue weighted by Gasteiger charge is -2.20. The molecule has 0 saturated heterocycles. The maximum absolute atomic E-state index is 13.7. The Labute approximate surface area is 297 Å². The van der Waals surface area contributed by atoms with Gasteiger partial charge in [0.2, 0.25) is 5.91 Å². The Hall–Kier alpha value is -6.58. The third-order valence-corrected chi connectivity index (χ3v) is 9.33.